The highest BCUT2D eigenvalue weighted by Gasteiger charge is 2.14. The summed E-state index contributed by atoms with van der Waals surface area (Å²) in [5.74, 6) is 0.722. The van der Waals surface area contributed by atoms with Gasteiger partial charge in [-0.3, -0.25) is 0 Å². The van der Waals surface area contributed by atoms with Gasteiger partial charge in [-0.1, -0.05) is 6.07 Å². The van der Waals surface area contributed by atoms with Gasteiger partial charge in [-0.15, -0.1) is 0 Å². The number of benzene rings is 2. The van der Waals surface area contributed by atoms with E-state index in [0.717, 1.165) is 35.4 Å². The molecule has 0 bridgehead atoms. The van der Waals surface area contributed by atoms with E-state index < -0.39 is 0 Å². The van der Waals surface area contributed by atoms with Crippen LogP contribution >= 0.6 is 15.9 Å². The number of hydrogen-bond donors (Lipinski definition) is 2. The number of carbonyl (C=O) groups excluding carboxylic acids is 1. The van der Waals surface area contributed by atoms with E-state index >= 15 is 0 Å². The minimum atomic E-state index is -0.267. The molecule has 0 saturated heterocycles. The van der Waals surface area contributed by atoms with E-state index in [9.17, 15) is 4.79 Å². The molecule has 2 aromatic rings. The standard InChI is InChI=1S/C18H20BrN3O2/c1-22-8-7-12-3-4-14(9-13(12)11-22)20-18(23)21-15-5-6-17(24-2)16(19)10-15/h3-6,9-10H,7-8,11H2,1-2H3,(H2,20,21,23). The molecule has 3 rings (SSSR count). The molecule has 5 nitrogen and oxygen atoms in total. The number of rotatable bonds is 3. The second-order valence-corrected chi connectivity index (χ2v) is 6.75. The van der Waals surface area contributed by atoms with Crippen molar-refractivity contribution in [2.45, 2.75) is 13.0 Å². The Morgan fingerprint density at radius 1 is 1.12 bits per heavy atom. The van der Waals surface area contributed by atoms with Gasteiger partial charge >= 0.3 is 6.03 Å². The lowest BCUT2D eigenvalue weighted by Gasteiger charge is -2.25. The Bertz CT molecular complexity index is 764. The topological polar surface area (TPSA) is 53.6 Å². The highest BCUT2D eigenvalue weighted by atomic mass is 79.9. The zero-order valence-corrected chi connectivity index (χ0v) is 15.3. The van der Waals surface area contributed by atoms with E-state index in [4.69, 9.17) is 4.74 Å². The number of halogens is 1. The molecule has 24 heavy (non-hydrogen) atoms. The van der Waals surface area contributed by atoms with Crippen molar-refractivity contribution < 1.29 is 9.53 Å². The molecule has 2 N–H and O–H groups in total. The summed E-state index contributed by atoms with van der Waals surface area (Å²) in [6, 6.07) is 11.2. The zero-order chi connectivity index (χ0) is 17.1. The van der Waals surface area contributed by atoms with Gasteiger partial charge in [0, 0.05) is 24.5 Å². The van der Waals surface area contributed by atoms with Crippen LogP contribution < -0.4 is 15.4 Å². The Balaban J connectivity index is 1.67. The van der Waals surface area contributed by atoms with Crippen molar-refractivity contribution in [3.05, 3.63) is 52.0 Å². The van der Waals surface area contributed by atoms with Crippen LogP contribution in [-0.2, 0) is 13.0 Å². The summed E-state index contributed by atoms with van der Waals surface area (Å²) in [6.45, 7) is 1.99. The van der Waals surface area contributed by atoms with Crippen molar-refractivity contribution in [1.29, 1.82) is 0 Å². The van der Waals surface area contributed by atoms with Crippen LogP contribution in [0.25, 0.3) is 0 Å². The summed E-state index contributed by atoms with van der Waals surface area (Å²) < 4.78 is 5.97. The fourth-order valence-corrected chi connectivity index (χ4v) is 3.35. The molecule has 0 saturated carbocycles. The van der Waals surface area contributed by atoms with Gasteiger partial charge in [-0.2, -0.15) is 0 Å². The maximum absolute atomic E-state index is 12.2. The molecule has 1 aliphatic heterocycles. The monoisotopic (exact) mass is 389 g/mol. The molecular formula is C18H20BrN3O2. The first kappa shape index (κ1) is 16.8. The van der Waals surface area contributed by atoms with Gasteiger partial charge in [-0.25, -0.2) is 4.79 Å². The third-order valence-electron chi connectivity index (χ3n) is 4.08. The number of nitrogens with one attached hydrogen (secondary N) is 2. The lowest BCUT2D eigenvalue weighted by molar-refractivity contribution is 0.262. The molecule has 2 aromatic carbocycles. The average Bonchev–Trinajstić information content (AvgIpc) is 2.54. The first-order chi connectivity index (χ1) is 11.5. The van der Waals surface area contributed by atoms with Crippen LogP contribution in [-0.4, -0.2) is 31.6 Å². The predicted octanol–water partition coefficient (Wildman–Crippen LogP) is 4.09. The Morgan fingerprint density at radius 3 is 2.54 bits per heavy atom. The van der Waals surface area contributed by atoms with Gasteiger partial charge in [0.15, 0.2) is 0 Å². The number of methoxy groups -OCH3 is 1. The van der Waals surface area contributed by atoms with Gasteiger partial charge < -0.3 is 20.3 Å². The second-order valence-electron chi connectivity index (χ2n) is 5.90. The van der Waals surface area contributed by atoms with E-state index in [1.165, 1.54) is 11.1 Å². The van der Waals surface area contributed by atoms with Crippen LogP contribution in [0.1, 0.15) is 11.1 Å². The number of nitrogens with zero attached hydrogens (tertiary/aromatic N) is 1. The molecule has 0 aromatic heterocycles. The normalized spacial score (nSPS) is 14.0. The Morgan fingerprint density at radius 2 is 1.83 bits per heavy atom. The molecule has 0 fully saturated rings. The molecule has 1 heterocycles. The Hall–Kier alpha value is -2.05. The largest absolute Gasteiger partial charge is 0.496 e. The molecule has 2 amide bonds. The third-order valence-corrected chi connectivity index (χ3v) is 4.70. The van der Waals surface area contributed by atoms with Crippen LogP contribution in [0.3, 0.4) is 0 Å². The highest BCUT2D eigenvalue weighted by molar-refractivity contribution is 9.10. The van der Waals surface area contributed by atoms with Crippen LogP contribution in [0.4, 0.5) is 16.2 Å². The fourth-order valence-electron chi connectivity index (χ4n) is 2.81. The van der Waals surface area contributed by atoms with Gasteiger partial charge in [-0.05, 0) is 70.9 Å². The zero-order valence-electron chi connectivity index (χ0n) is 13.7. The molecular weight excluding hydrogens is 370 g/mol. The summed E-state index contributed by atoms with van der Waals surface area (Å²) in [6.07, 6.45) is 1.05. The number of ether oxygens (including phenoxy) is 1. The fraction of sp³-hybridized carbons (Fsp3) is 0.278. The number of fused-ring (bicyclic) bond motifs is 1. The highest BCUT2D eigenvalue weighted by Crippen LogP contribution is 2.28. The first-order valence-electron chi connectivity index (χ1n) is 7.77. The van der Waals surface area contributed by atoms with Crippen molar-refractivity contribution in [1.82, 2.24) is 4.90 Å². The van der Waals surface area contributed by atoms with Crippen LogP contribution in [0.5, 0.6) is 5.75 Å². The summed E-state index contributed by atoms with van der Waals surface area (Å²) in [4.78, 5) is 14.5. The second kappa shape index (κ2) is 7.23. The van der Waals surface area contributed by atoms with E-state index in [2.05, 4.69) is 50.6 Å². The summed E-state index contributed by atoms with van der Waals surface area (Å²) in [5.41, 5.74) is 4.12. The van der Waals surface area contributed by atoms with Gasteiger partial charge in [0.2, 0.25) is 0 Å². The number of carbonyl (C=O) groups is 1. The van der Waals surface area contributed by atoms with Gasteiger partial charge in [0.05, 0.1) is 11.6 Å². The van der Waals surface area contributed by atoms with Crippen molar-refractivity contribution >= 4 is 33.3 Å². The lowest BCUT2D eigenvalue weighted by Crippen LogP contribution is -2.26. The predicted molar refractivity (Wildman–Crippen MR) is 99.8 cm³/mol. The number of urea groups is 1. The number of likely N-dealkylation sites (N-methyl/N-ethyl adjacent to an activating group) is 1. The molecule has 0 atom stereocenters. The Labute approximate surface area is 150 Å². The minimum Gasteiger partial charge on any atom is -0.496 e. The van der Waals surface area contributed by atoms with Crippen LogP contribution in [0.2, 0.25) is 0 Å². The third kappa shape index (κ3) is 3.88. The number of anilines is 2. The summed E-state index contributed by atoms with van der Waals surface area (Å²) in [5, 5.41) is 5.71. The van der Waals surface area contributed by atoms with Crippen molar-refractivity contribution in [3.63, 3.8) is 0 Å². The van der Waals surface area contributed by atoms with E-state index in [0.29, 0.717) is 5.69 Å². The van der Waals surface area contributed by atoms with Gasteiger partial charge in [0.25, 0.3) is 0 Å². The molecule has 0 radical (unpaired) electrons. The molecule has 0 unspecified atom stereocenters. The first-order valence-corrected chi connectivity index (χ1v) is 8.56. The van der Waals surface area contributed by atoms with E-state index in [-0.39, 0.29) is 6.03 Å². The molecule has 126 valence electrons. The SMILES string of the molecule is COc1ccc(NC(=O)Nc2ccc3c(c2)CN(C)CC3)cc1Br. The van der Waals surface area contributed by atoms with Crippen molar-refractivity contribution in [2.75, 3.05) is 31.3 Å². The van der Waals surface area contributed by atoms with Crippen molar-refractivity contribution in [2.24, 2.45) is 0 Å². The average molecular weight is 390 g/mol. The van der Waals surface area contributed by atoms with Crippen LogP contribution in [0, 0.1) is 0 Å². The maximum atomic E-state index is 12.2. The smallest absolute Gasteiger partial charge is 0.323 e. The molecule has 1 aliphatic rings. The molecule has 0 aliphatic carbocycles. The summed E-state index contributed by atoms with van der Waals surface area (Å²) >= 11 is 3.41. The van der Waals surface area contributed by atoms with Crippen LogP contribution in [0.15, 0.2) is 40.9 Å². The number of amides is 2. The van der Waals surface area contributed by atoms with Gasteiger partial charge in [0.1, 0.15) is 5.75 Å². The number of hydrogen-bond acceptors (Lipinski definition) is 3. The lowest BCUT2D eigenvalue weighted by atomic mass is 9.99. The summed E-state index contributed by atoms with van der Waals surface area (Å²) in [7, 11) is 3.71. The maximum Gasteiger partial charge on any atom is 0.323 e. The van der Waals surface area contributed by atoms with E-state index in [1.54, 1.807) is 25.3 Å². The Kier molecular flexibility index (Phi) is 5.06. The molecule has 0 spiro atoms. The quantitative estimate of drug-likeness (QED) is 0.830. The van der Waals surface area contributed by atoms with E-state index in [1.807, 2.05) is 6.07 Å². The minimum absolute atomic E-state index is 0.267. The molecule has 6 heteroatoms. The van der Waals surface area contributed by atoms with Crippen molar-refractivity contribution in [3.8, 4) is 5.75 Å².